The highest BCUT2D eigenvalue weighted by Gasteiger charge is 2.40. The first-order valence-electron chi connectivity index (χ1n) is 8.08. The maximum absolute atomic E-state index is 13.3. The first-order chi connectivity index (χ1) is 12.3. The minimum absolute atomic E-state index is 0.00749. The average Bonchev–Trinajstić information content (AvgIpc) is 2.62. The highest BCUT2D eigenvalue weighted by molar-refractivity contribution is 9.10. The van der Waals surface area contributed by atoms with Gasteiger partial charge in [-0.2, -0.15) is 4.31 Å². The number of carbonyl (C=O) groups is 1. The van der Waals surface area contributed by atoms with Crippen LogP contribution in [0.2, 0.25) is 0 Å². The molecule has 0 fully saturated rings. The van der Waals surface area contributed by atoms with Gasteiger partial charge in [0.15, 0.2) is 0 Å². The van der Waals surface area contributed by atoms with Crippen molar-refractivity contribution in [3.05, 3.63) is 58.1 Å². The molecule has 1 heterocycles. The Hall–Kier alpha value is -1.90. The van der Waals surface area contributed by atoms with E-state index in [9.17, 15) is 18.3 Å². The second-order valence-electron chi connectivity index (χ2n) is 5.90. The lowest BCUT2D eigenvalue weighted by Gasteiger charge is -2.33. The second-order valence-corrected chi connectivity index (χ2v) is 8.68. The van der Waals surface area contributed by atoms with Crippen LogP contribution in [0.1, 0.15) is 18.1 Å². The van der Waals surface area contributed by atoms with E-state index in [4.69, 9.17) is 4.74 Å². The van der Waals surface area contributed by atoms with Gasteiger partial charge in [0.25, 0.3) is 0 Å². The summed E-state index contributed by atoms with van der Waals surface area (Å²) in [6, 6.07) is 10.8. The van der Waals surface area contributed by atoms with Crippen molar-refractivity contribution in [2.45, 2.75) is 30.8 Å². The SMILES string of the molecule is CCOc1ccc(Br)cc1S(=O)(=O)N1Cc2ccccc2C[C@@H]1C(=O)O. The standard InChI is InChI=1S/C18H18BrNO5S/c1-2-25-16-8-7-14(19)10-17(16)26(23,24)20-11-13-6-4-3-5-12(13)9-15(20)18(21)22/h3-8,10,15H,2,9,11H2,1H3,(H,21,22)/t15-/m1/s1. The molecule has 1 aliphatic heterocycles. The quantitative estimate of drug-likeness (QED) is 0.773. The Balaban J connectivity index is 2.11. The van der Waals surface area contributed by atoms with Crippen LogP contribution >= 0.6 is 15.9 Å². The Labute approximate surface area is 160 Å². The van der Waals surface area contributed by atoms with Crippen LogP contribution in [0.4, 0.5) is 0 Å². The number of fused-ring (bicyclic) bond motifs is 1. The molecule has 2 aromatic carbocycles. The molecule has 8 heteroatoms. The Morgan fingerprint density at radius 3 is 2.62 bits per heavy atom. The fourth-order valence-electron chi connectivity index (χ4n) is 3.05. The third-order valence-corrected chi connectivity index (χ3v) is 6.65. The van der Waals surface area contributed by atoms with Gasteiger partial charge in [0.05, 0.1) is 6.61 Å². The van der Waals surface area contributed by atoms with Crippen LogP contribution in [0, 0.1) is 0 Å². The van der Waals surface area contributed by atoms with E-state index < -0.39 is 22.0 Å². The number of rotatable bonds is 5. The van der Waals surface area contributed by atoms with E-state index in [1.54, 1.807) is 19.1 Å². The van der Waals surface area contributed by atoms with Crippen molar-refractivity contribution in [3.8, 4) is 5.75 Å². The maximum Gasteiger partial charge on any atom is 0.322 e. The van der Waals surface area contributed by atoms with Crippen LogP contribution in [0.25, 0.3) is 0 Å². The molecular weight excluding hydrogens is 422 g/mol. The van der Waals surface area contributed by atoms with Gasteiger partial charge in [-0.1, -0.05) is 40.2 Å². The van der Waals surface area contributed by atoms with Gasteiger partial charge in [-0.15, -0.1) is 0 Å². The molecule has 2 aromatic rings. The summed E-state index contributed by atoms with van der Waals surface area (Å²) < 4.78 is 33.7. The van der Waals surface area contributed by atoms with Crippen LogP contribution in [-0.2, 0) is 27.8 Å². The molecule has 1 aliphatic rings. The lowest BCUT2D eigenvalue weighted by Crippen LogP contribution is -2.48. The monoisotopic (exact) mass is 439 g/mol. The lowest BCUT2D eigenvalue weighted by molar-refractivity contribution is -0.141. The number of nitrogens with zero attached hydrogens (tertiary/aromatic N) is 1. The topological polar surface area (TPSA) is 83.9 Å². The summed E-state index contributed by atoms with van der Waals surface area (Å²) >= 11 is 3.28. The van der Waals surface area contributed by atoms with Crippen molar-refractivity contribution < 1.29 is 23.1 Å². The number of benzene rings is 2. The van der Waals surface area contributed by atoms with E-state index in [1.165, 1.54) is 6.07 Å². The van der Waals surface area contributed by atoms with E-state index in [0.29, 0.717) is 11.1 Å². The third kappa shape index (κ3) is 3.49. The number of carboxylic acids is 1. The highest BCUT2D eigenvalue weighted by Crippen LogP contribution is 2.34. The molecule has 0 aliphatic carbocycles. The Kier molecular flexibility index (Phi) is 5.36. The van der Waals surface area contributed by atoms with Gasteiger partial charge >= 0.3 is 5.97 Å². The predicted octanol–water partition coefficient (Wildman–Crippen LogP) is 3.05. The van der Waals surface area contributed by atoms with Gasteiger partial charge in [0.1, 0.15) is 16.7 Å². The minimum Gasteiger partial charge on any atom is -0.492 e. The van der Waals surface area contributed by atoms with Crippen molar-refractivity contribution in [3.63, 3.8) is 0 Å². The van der Waals surface area contributed by atoms with E-state index in [2.05, 4.69) is 15.9 Å². The first kappa shape index (κ1) is 18.9. The second kappa shape index (κ2) is 7.38. The van der Waals surface area contributed by atoms with Gasteiger partial charge in [0.2, 0.25) is 10.0 Å². The number of sulfonamides is 1. The molecule has 0 saturated heterocycles. The molecule has 138 valence electrons. The van der Waals surface area contributed by atoms with Crippen molar-refractivity contribution in [2.24, 2.45) is 0 Å². The number of ether oxygens (including phenoxy) is 1. The van der Waals surface area contributed by atoms with Crippen LogP contribution in [0.5, 0.6) is 5.75 Å². The number of halogens is 1. The highest BCUT2D eigenvalue weighted by atomic mass is 79.9. The van der Waals surface area contributed by atoms with Gasteiger partial charge in [-0.3, -0.25) is 4.79 Å². The molecular formula is C18H18BrNO5S. The molecule has 0 saturated carbocycles. The summed E-state index contributed by atoms with van der Waals surface area (Å²) in [5.74, 6) is -0.963. The molecule has 6 nitrogen and oxygen atoms in total. The zero-order chi connectivity index (χ0) is 18.9. The summed E-state index contributed by atoms with van der Waals surface area (Å²) in [6.45, 7) is 2.07. The molecule has 0 amide bonds. The Bertz CT molecular complexity index is 944. The molecule has 1 atom stereocenters. The smallest absolute Gasteiger partial charge is 0.322 e. The average molecular weight is 440 g/mol. The van der Waals surface area contributed by atoms with Crippen LogP contribution < -0.4 is 4.74 Å². The molecule has 26 heavy (non-hydrogen) atoms. The zero-order valence-electron chi connectivity index (χ0n) is 14.1. The van der Waals surface area contributed by atoms with Gasteiger partial charge < -0.3 is 9.84 Å². The third-order valence-electron chi connectivity index (χ3n) is 4.28. The van der Waals surface area contributed by atoms with E-state index in [0.717, 1.165) is 15.4 Å². The first-order valence-corrected chi connectivity index (χ1v) is 10.3. The summed E-state index contributed by atoms with van der Waals surface area (Å²) in [5.41, 5.74) is 1.66. The van der Waals surface area contributed by atoms with E-state index in [-0.39, 0.29) is 23.6 Å². The zero-order valence-corrected chi connectivity index (χ0v) is 16.5. The largest absolute Gasteiger partial charge is 0.492 e. The van der Waals surface area contributed by atoms with Gasteiger partial charge in [-0.25, -0.2) is 8.42 Å². The normalized spacial score (nSPS) is 17.5. The molecule has 0 bridgehead atoms. The van der Waals surface area contributed by atoms with Gasteiger partial charge in [0, 0.05) is 17.4 Å². The van der Waals surface area contributed by atoms with Crippen LogP contribution in [-0.4, -0.2) is 36.4 Å². The maximum atomic E-state index is 13.3. The van der Waals surface area contributed by atoms with E-state index in [1.807, 2.05) is 24.3 Å². The number of carboxylic acid groups (broad SMARTS) is 1. The molecule has 0 unspecified atom stereocenters. The van der Waals surface area contributed by atoms with Crippen LogP contribution in [0.3, 0.4) is 0 Å². The predicted molar refractivity (Wildman–Crippen MR) is 99.6 cm³/mol. The van der Waals surface area contributed by atoms with Crippen molar-refractivity contribution in [1.29, 1.82) is 0 Å². The molecule has 0 radical (unpaired) electrons. The van der Waals surface area contributed by atoms with Crippen molar-refractivity contribution in [2.75, 3.05) is 6.61 Å². The fraction of sp³-hybridized carbons (Fsp3) is 0.278. The molecule has 1 N–H and O–H groups in total. The number of hydrogen-bond donors (Lipinski definition) is 1. The van der Waals surface area contributed by atoms with Gasteiger partial charge in [-0.05, 0) is 36.2 Å². The van der Waals surface area contributed by atoms with Crippen molar-refractivity contribution >= 4 is 31.9 Å². The summed E-state index contributed by atoms with van der Waals surface area (Å²) in [4.78, 5) is 11.7. The number of aliphatic carboxylic acids is 1. The Morgan fingerprint density at radius 1 is 1.27 bits per heavy atom. The summed E-state index contributed by atoms with van der Waals surface area (Å²) in [7, 11) is -4.08. The van der Waals surface area contributed by atoms with Crippen molar-refractivity contribution in [1.82, 2.24) is 4.31 Å². The lowest BCUT2D eigenvalue weighted by atomic mass is 9.96. The summed E-state index contributed by atoms with van der Waals surface area (Å²) in [5, 5.41) is 9.63. The molecule has 0 aromatic heterocycles. The summed E-state index contributed by atoms with van der Waals surface area (Å²) in [6.07, 6.45) is 0.128. The molecule has 0 spiro atoms. The van der Waals surface area contributed by atoms with E-state index >= 15 is 0 Å². The fourth-order valence-corrected chi connectivity index (χ4v) is 5.28. The Morgan fingerprint density at radius 2 is 1.96 bits per heavy atom. The van der Waals surface area contributed by atoms with Crippen LogP contribution in [0.15, 0.2) is 51.8 Å². The molecule has 3 rings (SSSR count). The minimum atomic E-state index is -4.08. The number of hydrogen-bond acceptors (Lipinski definition) is 4.